The van der Waals surface area contributed by atoms with Gasteiger partial charge in [-0.15, -0.1) is 0 Å². The molecule has 0 aliphatic heterocycles. The Hall–Kier alpha value is -0.830. The van der Waals surface area contributed by atoms with Crippen LogP contribution in [0.3, 0.4) is 0 Å². The fourth-order valence-electron chi connectivity index (χ4n) is 1.86. The van der Waals surface area contributed by atoms with Crippen LogP contribution in [0.1, 0.15) is 51.4 Å². The van der Waals surface area contributed by atoms with Gasteiger partial charge in [0.2, 0.25) is 0 Å². The molecule has 90 valence electrons. The molecule has 1 aliphatic rings. The maximum absolute atomic E-state index is 9.82. The summed E-state index contributed by atoms with van der Waals surface area (Å²) in [4.78, 5) is 0. The predicted molar refractivity (Wildman–Crippen MR) is 64.4 cm³/mol. The molecule has 1 aromatic heterocycles. The van der Waals surface area contributed by atoms with E-state index >= 15 is 0 Å². The standard InChI is InChI=1S/C13H22N2O/c1-12(2,3)11-9-10(15(4)14-11)5-6-13(16)7-8-13/h9,16H,5-8H2,1-4H3. The van der Waals surface area contributed by atoms with E-state index in [-0.39, 0.29) is 11.0 Å². The normalized spacial score (nSPS) is 18.8. The fourth-order valence-corrected chi connectivity index (χ4v) is 1.86. The number of aryl methyl sites for hydroxylation is 2. The maximum atomic E-state index is 9.82. The molecule has 1 saturated carbocycles. The SMILES string of the molecule is Cn1nc(C(C)(C)C)cc1CCC1(O)CC1. The molecule has 0 atom stereocenters. The quantitative estimate of drug-likeness (QED) is 0.851. The van der Waals surface area contributed by atoms with Crippen molar-refractivity contribution in [2.75, 3.05) is 0 Å². The molecule has 3 nitrogen and oxygen atoms in total. The summed E-state index contributed by atoms with van der Waals surface area (Å²) in [6.45, 7) is 6.52. The van der Waals surface area contributed by atoms with Crippen LogP contribution in [0.25, 0.3) is 0 Å². The zero-order chi connectivity index (χ0) is 12.0. The van der Waals surface area contributed by atoms with Gasteiger partial charge >= 0.3 is 0 Å². The third-order valence-electron chi connectivity index (χ3n) is 3.42. The smallest absolute Gasteiger partial charge is 0.0680 e. The van der Waals surface area contributed by atoms with E-state index in [4.69, 9.17) is 0 Å². The third kappa shape index (κ3) is 2.46. The highest BCUT2D eigenvalue weighted by atomic mass is 16.3. The Bertz CT molecular complexity index is 383. The zero-order valence-corrected chi connectivity index (χ0v) is 10.7. The van der Waals surface area contributed by atoms with E-state index in [1.54, 1.807) is 0 Å². The van der Waals surface area contributed by atoms with Gasteiger partial charge in [-0.3, -0.25) is 4.68 Å². The Morgan fingerprint density at radius 2 is 2.06 bits per heavy atom. The summed E-state index contributed by atoms with van der Waals surface area (Å²) in [5, 5.41) is 14.4. The average Bonchev–Trinajstić information content (AvgIpc) is 2.74. The highest BCUT2D eigenvalue weighted by Crippen LogP contribution is 2.39. The lowest BCUT2D eigenvalue weighted by Crippen LogP contribution is -2.12. The van der Waals surface area contributed by atoms with Gasteiger partial charge in [0.25, 0.3) is 0 Å². The number of aliphatic hydroxyl groups is 1. The molecule has 1 fully saturated rings. The van der Waals surface area contributed by atoms with Crippen molar-refractivity contribution in [1.82, 2.24) is 9.78 Å². The van der Waals surface area contributed by atoms with Crippen molar-refractivity contribution in [1.29, 1.82) is 0 Å². The molecule has 0 saturated heterocycles. The number of rotatable bonds is 3. The molecule has 2 rings (SSSR count). The first-order valence-electron chi connectivity index (χ1n) is 6.06. The van der Waals surface area contributed by atoms with Crippen LogP contribution in [0.2, 0.25) is 0 Å². The minimum Gasteiger partial charge on any atom is -0.390 e. The van der Waals surface area contributed by atoms with Crippen molar-refractivity contribution in [3.05, 3.63) is 17.5 Å². The first kappa shape index (κ1) is 11.6. The van der Waals surface area contributed by atoms with Crippen LogP contribution in [-0.2, 0) is 18.9 Å². The minimum atomic E-state index is -0.355. The average molecular weight is 222 g/mol. The highest BCUT2D eigenvalue weighted by molar-refractivity contribution is 5.18. The van der Waals surface area contributed by atoms with E-state index in [2.05, 4.69) is 31.9 Å². The van der Waals surface area contributed by atoms with E-state index in [9.17, 15) is 5.11 Å². The largest absolute Gasteiger partial charge is 0.390 e. The third-order valence-corrected chi connectivity index (χ3v) is 3.42. The van der Waals surface area contributed by atoms with Gasteiger partial charge in [0.05, 0.1) is 11.3 Å². The van der Waals surface area contributed by atoms with E-state index in [0.29, 0.717) is 0 Å². The highest BCUT2D eigenvalue weighted by Gasteiger charge is 2.39. The van der Waals surface area contributed by atoms with Gasteiger partial charge in [0.1, 0.15) is 0 Å². The van der Waals surface area contributed by atoms with Gasteiger partial charge in [-0.2, -0.15) is 5.10 Å². The molecular weight excluding hydrogens is 200 g/mol. The molecule has 0 bridgehead atoms. The molecule has 0 aromatic carbocycles. The maximum Gasteiger partial charge on any atom is 0.0680 e. The minimum absolute atomic E-state index is 0.104. The van der Waals surface area contributed by atoms with E-state index < -0.39 is 0 Å². The Labute approximate surface area is 97.5 Å². The Balaban J connectivity index is 2.06. The van der Waals surface area contributed by atoms with Crippen LogP contribution in [0.15, 0.2) is 6.07 Å². The fraction of sp³-hybridized carbons (Fsp3) is 0.769. The second-order valence-corrected chi connectivity index (χ2v) is 6.12. The first-order valence-corrected chi connectivity index (χ1v) is 6.06. The van der Waals surface area contributed by atoms with Gasteiger partial charge < -0.3 is 5.11 Å². The molecule has 0 radical (unpaired) electrons. The molecule has 1 N–H and O–H groups in total. The van der Waals surface area contributed by atoms with E-state index in [1.807, 2.05) is 11.7 Å². The first-order chi connectivity index (χ1) is 7.30. The van der Waals surface area contributed by atoms with Crippen molar-refractivity contribution >= 4 is 0 Å². The summed E-state index contributed by atoms with van der Waals surface area (Å²) in [6, 6.07) is 2.17. The molecule has 1 aliphatic carbocycles. The zero-order valence-electron chi connectivity index (χ0n) is 10.7. The predicted octanol–water partition coefficient (Wildman–Crippen LogP) is 2.18. The van der Waals surface area contributed by atoms with Crippen LogP contribution in [0, 0.1) is 0 Å². The molecule has 0 amide bonds. The summed E-state index contributed by atoms with van der Waals surface area (Å²) in [5.74, 6) is 0. The van der Waals surface area contributed by atoms with Crippen molar-refractivity contribution in [2.24, 2.45) is 7.05 Å². The second kappa shape index (κ2) is 3.59. The number of nitrogens with zero attached hydrogens (tertiary/aromatic N) is 2. The molecule has 1 aromatic rings. The van der Waals surface area contributed by atoms with Crippen molar-refractivity contribution in [3.63, 3.8) is 0 Å². The molecular formula is C13H22N2O. The van der Waals surface area contributed by atoms with Crippen LogP contribution < -0.4 is 0 Å². The summed E-state index contributed by atoms with van der Waals surface area (Å²) < 4.78 is 1.95. The van der Waals surface area contributed by atoms with Crippen LogP contribution in [-0.4, -0.2) is 20.5 Å². The summed E-state index contributed by atoms with van der Waals surface area (Å²) in [6.07, 6.45) is 3.74. The summed E-state index contributed by atoms with van der Waals surface area (Å²) in [5.41, 5.74) is 2.11. The number of aromatic nitrogens is 2. The summed E-state index contributed by atoms with van der Waals surface area (Å²) >= 11 is 0. The van der Waals surface area contributed by atoms with Gasteiger partial charge in [-0.25, -0.2) is 0 Å². The Morgan fingerprint density at radius 1 is 1.44 bits per heavy atom. The molecule has 16 heavy (non-hydrogen) atoms. The lowest BCUT2D eigenvalue weighted by atomic mass is 9.92. The van der Waals surface area contributed by atoms with E-state index in [1.165, 1.54) is 5.69 Å². The molecule has 0 spiro atoms. The van der Waals surface area contributed by atoms with Crippen molar-refractivity contribution in [3.8, 4) is 0 Å². The molecule has 3 heteroatoms. The molecule has 1 heterocycles. The summed E-state index contributed by atoms with van der Waals surface area (Å²) in [7, 11) is 1.99. The Kier molecular flexibility index (Phi) is 2.61. The Morgan fingerprint density at radius 3 is 2.50 bits per heavy atom. The van der Waals surface area contributed by atoms with Gasteiger partial charge in [-0.1, -0.05) is 20.8 Å². The van der Waals surface area contributed by atoms with Crippen molar-refractivity contribution < 1.29 is 5.11 Å². The van der Waals surface area contributed by atoms with Gasteiger partial charge in [-0.05, 0) is 31.7 Å². The molecule has 0 unspecified atom stereocenters. The van der Waals surface area contributed by atoms with Crippen LogP contribution in [0.4, 0.5) is 0 Å². The number of hydrogen-bond donors (Lipinski definition) is 1. The lowest BCUT2D eigenvalue weighted by molar-refractivity contribution is 0.140. The van der Waals surface area contributed by atoms with Gasteiger partial charge in [0, 0.05) is 18.2 Å². The number of hydrogen-bond acceptors (Lipinski definition) is 2. The monoisotopic (exact) mass is 222 g/mol. The van der Waals surface area contributed by atoms with E-state index in [0.717, 1.165) is 31.4 Å². The van der Waals surface area contributed by atoms with Crippen LogP contribution in [0.5, 0.6) is 0 Å². The topological polar surface area (TPSA) is 38.0 Å². The van der Waals surface area contributed by atoms with Gasteiger partial charge in [0.15, 0.2) is 0 Å². The second-order valence-electron chi connectivity index (χ2n) is 6.12. The van der Waals surface area contributed by atoms with Crippen LogP contribution >= 0.6 is 0 Å². The van der Waals surface area contributed by atoms with Crippen molar-refractivity contribution in [2.45, 2.75) is 57.5 Å². The lowest BCUT2D eigenvalue weighted by Gasteiger charge is -2.13.